The predicted octanol–water partition coefficient (Wildman–Crippen LogP) is 4.57. The van der Waals surface area contributed by atoms with Gasteiger partial charge in [-0.2, -0.15) is 5.26 Å². The molecule has 0 atom stereocenters. The lowest BCUT2D eigenvalue weighted by molar-refractivity contribution is 0.0740. The van der Waals surface area contributed by atoms with E-state index in [2.05, 4.69) is 6.92 Å². The third-order valence-electron chi connectivity index (χ3n) is 3.16. The molecule has 108 valence electrons. The highest BCUT2D eigenvalue weighted by atomic mass is 32.1. The van der Waals surface area contributed by atoms with Gasteiger partial charge < -0.3 is 4.74 Å². The monoisotopic (exact) mass is 299 g/mol. The van der Waals surface area contributed by atoms with E-state index in [-0.39, 0.29) is 5.97 Å². The molecule has 0 aliphatic rings. The summed E-state index contributed by atoms with van der Waals surface area (Å²) < 4.78 is 5.25. The molecule has 0 aliphatic heterocycles. The molecule has 2 rings (SSSR count). The van der Waals surface area contributed by atoms with Gasteiger partial charge in [-0.05, 0) is 30.5 Å². The summed E-state index contributed by atoms with van der Waals surface area (Å²) in [6, 6.07) is 11.1. The average Bonchev–Trinajstić information content (AvgIpc) is 2.96. The smallest absolute Gasteiger partial charge is 0.344 e. The lowest BCUT2D eigenvalue weighted by Gasteiger charge is -2.04. The number of unbranched alkanes of at least 4 members (excludes halogenated alkanes) is 2. The molecule has 0 bridgehead atoms. The molecular weight excluding hydrogens is 282 g/mol. The van der Waals surface area contributed by atoms with E-state index < -0.39 is 0 Å². The number of nitriles is 1. The third kappa shape index (κ3) is 4.44. The third-order valence-corrected chi connectivity index (χ3v) is 3.96. The zero-order valence-electron chi connectivity index (χ0n) is 12.0. The van der Waals surface area contributed by atoms with Gasteiger partial charge in [0.15, 0.2) is 5.06 Å². The van der Waals surface area contributed by atoms with E-state index in [1.165, 1.54) is 36.2 Å². The molecule has 0 radical (unpaired) electrons. The fourth-order valence-electron chi connectivity index (χ4n) is 1.97. The second kappa shape index (κ2) is 7.61. The van der Waals surface area contributed by atoms with Crippen LogP contribution in [0.15, 0.2) is 35.7 Å². The van der Waals surface area contributed by atoms with Crippen LogP contribution in [0.3, 0.4) is 0 Å². The van der Waals surface area contributed by atoms with Crippen LogP contribution in [0.25, 0.3) is 0 Å². The van der Waals surface area contributed by atoms with Crippen LogP contribution in [0, 0.1) is 11.3 Å². The van der Waals surface area contributed by atoms with Crippen LogP contribution in [0.2, 0.25) is 0 Å². The van der Waals surface area contributed by atoms with Crippen molar-refractivity contribution in [2.45, 2.75) is 32.6 Å². The Morgan fingerprint density at radius 1 is 1.29 bits per heavy atom. The Labute approximate surface area is 128 Å². The summed E-state index contributed by atoms with van der Waals surface area (Å²) in [7, 11) is 0. The largest absolute Gasteiger partial charge is 0.412 e. The predicted molar refractivity (Wildman–Crippen MR) is 83.7 cm³/mol. The maximum atomic E-state index is 12.0. The van der Waals surface area contributed by atoms with Gasteiger partial charge in [0.1, 0.15) is 6.07 Å². The molecule has 3 nitrogen and oxygen atoms in total. The van der Waals surface area contributed by atoms with Gasteiger partial charge in [-0.3, -0.25) is 0 Å². The van der Waals surface area contributed by atoms with E-state index in [4.69, 9.17) is 10.00 Å². The number of esters is 1. The molecule has 1 aromatic heterocycles. The van der Waals surface area contributed by atoms with E-state index in [0.717, 1.165) is 6.42 Å². The Balaban J connectivity index is 1.94. The van der Waals surface area contributed by atoms with Gasteiger partial charge in [0.05, 0.1) is 11.1 Å². The molecule has 0 N–H and O–H groups in total. The highest BCUT2D eigenvalue weighted by molar-refractivity contribution is 7.12. The number of carbonyl (C=O) groups excluding carboxylic acids is 1. The molecule has 0 unspecified atom stereocenters. The number of rotatable bonds is 6. The summed E-state index contributed by atoms with van der Waals surface area (Å²) in [5.74, 6) is -0.388. The first-order valence-electron chi connectivity index (χ1n) is 7.02. The van der Waals surface area contributed by atoms with Crippen molar-refractivity contribution < 1.29 is 9.53 Å². The van der Waals surface area contributed by atoms with Crippen LogP contribution in [-0.2, 0) is 6.42 Å². The Morgan fingerprint density at radius 3 is 2.67 bits per heavy atom. The normalized spacial score (nSPS) is 10.1. The molecule has 0 amide bonds. The zero-order chi connectivity index (χ0) is 15.1. The van der Waals surface area contributed by atoms with E-state index in [1.807, 2.05) is 18.2 Å². The molecule has 0 spiro atoms. The first-order chi connectivity index (χ1) is 10.2. The minimum absolute atomic E-state index is 0.388. The van der Waals surface area contributed by atoms with Gasteiger partial charge in [0, 0.05) is 11.4 Å². The van der Waals surface area contributed by atoms with Crippen LogP contribution in [0.4, 0.5) is 0 Å². The molecule has 2 aromatic rings. The van der Waals surface area contributed by atoms with E-state index in [1.54, 1.807) is 23.6 Å². The van der Waals surface area contributed by atoms with Crippen molar-refractivity contribution in [3.63, 3.8) is 0 Å². The maximum Gasteiger partial charge on any atom is 0.344 e. The van der Waals surface area contributed by atoms with Crippen molar-refractivity contribution in [1.29, 1.82) is 5.26 Å². The summed E-state index contributed by atoms with van der Waals surface area (Å²) in [5, 5.41) is 10.9. The van der Waals surface area contributed by atoms with Gasteiger partial charge >= 0.3 is 5.97 Å². The first-order valence-corrected chi connectivity index (χ1v) is 7.90. The Morgan fingerprint density at radius 2 is 2.05 bits per heavy atom. The summed E-state index contributed by atoms with van der Waals surface area (Å²) in [5.41, 5.74) is 2.28. The highest BCUT2D eigenvalue weighted by Gasteiger charge is 2.10. The number of hydrogen-bond acceptors (Lipinski definition) is 4. The molecule has 4 heteroatoms. The Kier molecular flexibility index (Phi) is 5.53. The van der Waals surface area contributed by atoms with Crippen LogP contribution in [0.5, 0.6) is 5.06 Å². The summed E-state index contributed by atoms with van der Waals surface area (Å²) in [4.78, 5) is 12.0. The van der Waals surface area contributed by atoms with Gasteiger partial charge in [0.25, 0.3) is 0 Å². The van der Waals surface area contributed by atoms with Gasteiger partial charge in [0.2, 0.25) is 0 Å². The van der Waals surface area contributed by atoms with Crippen molar-refractivity contribution in [1.82, 2.24) is 0 Å². The topological polar surface area (TPSA) is 50.1 Å². The van der Waals surface area contributed by atoms with E-state index >= 15 is 0 Å². The number of hydrogen-bond donors (Lipinski definition) is 0. The minimum Gasteiger partial charge on any atom is -0.412 e. The number of nitrogens with zero attached hydrogens (tertiary/aromatic N) is 1. The SMILES string of the molecule is CCCCCc1ccc(C(=O)Oc2cc(C#N)cs2)cc1. The number of thiophene rings is 1. The molecule has 21 heavy (non-hydrogen) atoms. The van der Waals surface area contributed by atoms with E-state index in [0.29, 0.717) is 16.2 Å². The van der Waals surface area contributed by atoms with Crippen molar-refractivity contribution in [3.05, 3.63) is 52.4 Å². The van der Waals surface area contributed by atoms with Crippen molar-refractivity contribution in [2.24, 2.45) is 0 Å². The van der Waals surface area contributed by atoms with Crippen molar-refractivity contribution in [2.75, 3.05) is 0 Å². The quantitative estimate of drug-likeness (QED) is 0.580. The lowest BCUT2D eigenvalue weighted by Crippen LogP contribution is -2.07. The van der Waals surface area contributed by atoms with Gasteiger partial charge in [-0.1, -0.05) is 31.9 Å². The maximum absolute atomic E-state index is 12.0. The number of ether oxygens (including phenoxy) is 1. The second-order valence-electron chi connectivity index (χ2n) is 4.81. The minimum atomic E-state index is -0.388. The molecule has 0 aliphatic carbocycles. The lowest BCUT2D eigenvalue weighted by atomic mass is 10.1. The summed E-state index contributed by atoms with van der Waals surface area (Å²) in [6.45, 7) is 2.18. The van der Waals surface area contributed by atoms with Gasteiger partial charge in [-0.25, -0.2) is 4.79 Å². The molecule has 0 fully saturated rings. The van der Waals surface area contributed by atoms with Crippen molar-refractivity contribution >= 4 is 17.3 Å². The molecule has 1 heterocycles. The fourth-order valence-corrected chi connectivity index (χ4v) is 2.65. The summed E-state index contributed by atoms with van der Waals surface area (Å²) >= 11 is 1.25. The summed E-state index contributed by atoms with van der Waals surface area (Å²) in [6.07, 6.45) is 4.64. The van der Waals surface area contributed by atoms with Crippen molar-refractivity contribution in [3.8, 4) is 11.1 Å². The number of benzene rings is 1. The first kappa shape index (κ1) is 15.3. The zero-order valence-corrected chi connectivity index (χ0v) is 12.8. The number of aryl methyl sites for hydroxylation is 1. The van der Waals surface area contributed by atoms with Crippen LogP contribution in [-0.4, -0.2) is 5.97 Å². The standard InChI is InChI=1S/C17H17NO2S/c1-2-3-4-5-13-6-8-15(9-7-13)17(19)20-16-10-14(11-18)12-21-16/h6-10,12H,2-5H2,1H3. The van der Waals surface area contributed by atoms with Crippen LogP contribution >= 0.6 is 11.3 Å². The van der Waals surface area contributed by atoms with Crippen LogP contribution in [0.1, 0.15) is 47.7 Å². The molecular formula is C17H17NO2S. The average molecular weight is 299 g/mol. The Bertz CT molecular complexity index is 638. The molecule has 1 aromatic carbocycles. The van der Waals surface area contributed by atoms with Gasteiger partial charge in [-0.15, -0.1) is 11.3 Å². The molecule has 0 saturated heterocycles. The Hall–Kier alpha value is -2.12. The highest BCUT2D eigenvalue weighted by Crippen LogP contribution is 2.23. The number of carbonyl (C=O) groups is 1. The fraction of sp³-hybridized carbons (Fsp3) is 0.294. The molecule has 0 saturated carbocycles. The van der Waals surface area contributed by atoms with Crippen LogP contribution < -0.4 is 4.74 Å². The second-order valence-corrected chi connectivity index (χ2v) is 5.68. The van der Waals surface area contributed by atoms with E-state index in [9.17, 15) is 4.79 Å².